The molecule has 1 aromatic heterocycles. The zero-order chi connectivity index (χ0) is 22.3. The molecule has 1 aliphatic heterocycles. The van der Waals surface area contributed by atoms with E-state index in [0.29, 0.717) is 11.7 Å². The quantitative estimate of drug-likeness (QED) is 0.431. The summed E-state index contributed by atoms with van der Waals surface area (Å²) in [6.45, 7) is 4.88. The molecule has 32 heavy (non-hydrogen) atoms. The highest BCUT2D eigenvalue weighted by molar-refractivity contribution is 8.00. The Morgan fingerprint density at radius 2 is 2.03 bits per heavy atom. The lowest BCUT2D eigenvalue weighted by molar-refractivity contribution is -0.116. The predicted octanol–water partition coefficient (Wildman–Crippen LogP) is 4.29. The lowest BCUT2D eigenvalue weighted by Crippen LogP contribution is -2.39. The number of anilines is 1. The Bertz CT molecular complexity index is 1040. The summed E-state index contributed by atoms with van der Waals surface area (Å²) in [6.07, 6.45) is 0.853. The molecule has 6 nitrogen and oxygen atoms in total. The lowest BCUT2D eigenvalue weighted by atomic mass is 10.3. The van der Waals surface area contributed by atoms with E-state index in [1.807, 2.05) is 18.2 Å². The van der Waals surface area contributed by atoms with Crippen LogP contribution in [-0.2, 0) is 9.53 Å². The highest BCUT2D eigenvalue weighted by atomic mass is 32.2. The number of carbonyl (C=O) groups is 1. The second kappa shape index (κ2) is 11.1. The maximum absolute atomic E-state index is 13.2. The zero-order valence-electron chi connectivity index (χ0n) is 18.0. The molecule has 4 rings (SSSR count). The highest BCUT2D eigenvalue weighted by Gasteiger charge is 2.21. The van der Waals surface area contributed by atoms with Crippen LogP contribution < -0.4 is 9.64 Å². The van der Waals surface area contributed by atoms with Gasteiger partial charge >= 0.3 is 0 Å². The van der Waals surface area contributed by atoms with Gasteiger partial charge in [0, 0.05) is 37.1 Å². The number of halogens is 1. The minimum Gasteiger partial charge on any atom is -0.497 e. The van der Waals surface area contributed by atoms with Gasteiger partial charge in [0.1, 0.15) is 11.6 Å². The molecule has 0 unspecified atom stereocenters. The number of fused-ring (bicyclic) bond motifs is 1. The molecule has 0 radical (unpaired) electrons. The molecule has 1 saturated heterocycles. The van der Waals surface area contributed by atoms with Crippen molar-refractivity contribution >= 4 is 44.4 Å². The molecule has 0 bridgehead atoms. The second-order valence-electron chi connectivity index (χ2n) is 7.43. The number of morpholine rings is 1. The molecule has 1 aliphatic rings. The van der Waals surface area contributed by atoms with Gasteiger partial charge in [-0.25, -0.2) is 9.37 Å². The van der Waals surface area contributed by atoms with E-state index >= 15 is 0 Å². The Hall–Kier alpha value is -2.20. The monoisotopic (exact) mass is 475 g/mol. The first-order chi connectivity index (χ1) is 15.6. The summed E-state index contributed by atoms with van der Waals surface area (Å²) in [5.74, 6) is 0.719. The van der Waals surface area contributed by atoms with Crippen LogP contribution in [0, 0.1) is 5.82 Å². The number of aromatic nitrogens is 1. The molecule has 0 aliphatic carbocycles. The fraction of sp³-hybridized carbons (Fsp3) is 0.391. The van der Waals surface area contributed by atoms with Gasteiger partial charge in [-0.1, -0.05) is 11.3 Å². The van der Waals surface area contributed by atoms with Gasteiger partial charge in [-0.2, -0.15) is 0 Å². The van der Waals surface area contributed by atoms with Gasteiger partial charge in [0.05, 0.1) is 36.3 Å². The summed E-state index contributed by atoms with van der Waals surface area (Å²) in [7, 11) is 1.63. The summed E-state index contributed by atoms with van der Waals surface area (Å²) >= 11 is 2.92. The zero-order valence-corrected chi connectivity index (χ0v) is 19.6. The van der Waals surface area contributed by atoms with Gasteiger partial charge in [-0.05, 0) is 42.8 Å². The van der Waals surface area contributed by atoms with Crippen molar-refractivity contribution in [2.75, 3.05) is 57.2 Å². The molecule has 2 aromatic carbocycles. The molecule has 170 valence electrons. The van der Waals surface area contributed by atoms with Crippen LogP contribution in [0.15, 0.2) is 47.4 Å². The number of thiazole rings is 1. The van der Waals surface area contributed by atoms with Gasteiger partial charge in [0.2, 0.25) is 5.91 Å². The van der Waals surface area contributed by atoms with E-state index in [1.54, 1.807) is 24.1 Å². The smallest absolute Gasteiger partial charge is 0.239 e. The predicted molar refractivity (Wildman–Crippen MR) is 128 cm³/mol. The van der Waals surface area contributed by atoms with Crippen LogP contribution in [0.3, 0.4) is 0 Å². The number of carbonyl (C=O) groups excluding carboxylic acids is 1. The van der Waals surface area contributed by atoms with Crippen molar-refractivity contribution in [2.24, 2.45) is 0 Å². The van der Waals surface area contributed by atoms with Crippen LogP contribution in [0.2, 0.25) is 0 Å². The van der Waals surface area contributed by atoms with Crippen molar-refractivity contribution in [3.8, 4) is 5.75 Å². The average molecular weight is 476 g/mol. The number of thioether (sulfide) groups is 1. The van der Waals surface area contributed by atoms with Crippen LogP contribution in [0.25, 0.3) is 10.2 Å². The fourth-order valence-electron chi connectivity index (χ4n) is 3.50. The molecule has 9 heteroatoms. The summed E-state index contributed by atoms with van der Waals surface area (Å²) in [5.41, 5.74) is 0.821. The Morgan fingerprint density at radius 1 is 1.25 bits per heavy atom. The molecular formula is C23H26FN3O3S2. The molecule has 0 saturated carbocycles. The third kappa shape index (κ3) is 5.98. The molecule has 3 aromatic rings. The number of rotatable bonds is 9. The van der Waals surface area contributed by atoms with Crippen LogP contribution in [0.4, 0.5) is 9.52 Å². The normalized spacial score (nSPS) is 14.6. The van der Waals surface area contributed by atoms with Crippen molar-refractivity contribution in [1.82, 2.24) is 9.88 Å². The van der Waals surface area contributed by atoms with E-state index in [-0.39, 0.29) is 17.5 Å². The highest BCUT2D eigenvalue weighted by Crippen LogP contribution is 2.32. The van der Waals surface area contributed by atoms with Crippen LogP contribution in [0.5, 0.6) is 5.75 Å². The Morgan fingerprint density at radius 3 is 2.78 bits per heavy atom. The van der Waals surface area contributed by atoms with E-state index < -0.39 is 0 Å². The third-order valence-electron chi connectivity index (χ3n) is 5.25. The SMILES string of the molecule is COc1ccc2sc(N(CCCN3CCOCC3)C(=O)CSc3ccc(F)cc3)nc2c1. The summed E-state index contributed by atoms with van der Waals surface area (Å²) in [6, 6.07) is 12.0. The first-order valence-corrected chi connectivity index (χ1v) is 12.4. The molecule has 0 N–H and O–H groups in total. The number of hydrogen-bond acceptors (Lipinski definition) is 7. The number of nitrogens with zero attached hydrogens (tertiary/aromatic N) is 3. The standard InChI is InChI=1S/C23H26FN3O3S2/c1-29-18-5-8-21-20(15-18)25-23(32-21)27(10-2-9-26-11-13-30-14-12-26)22(28)16-31-19-6-3-17(24)4-7-19/h3-8,15H,2,9-14,16H2,1H3. The lowest BCUT2D eigenvalue weighted by Gasteiger charge is -2.27. The maximum Gasteiger partial charge on any atom is 0.239 e. The van der Waals surface area contributed by atoms with Crippen molar-refractivity contribution in [2.45, 2.75) is 11.3 Å². The van der Waals surface area contributed by atoms with E-state index in [0.717, 1.165) is 60.1 Å². The topological polar surface area (TPSA) is 54.9 Å². The largest absolute Gasteiger partial charge is 0.497 e. The molecule has 1 fully saturated rings. The van der Waals surface area contributed by atoms with Gasteiger partial charge in [0.25, 0.3) is 0 Å². The fourth-order valence-corrected chi connectivity index (χ4v) is 5.26. The minimum atomic E-state index is -0.282. The molecular weight excluding hydrogens is 449 g/mol. The van der Waals surface area contributed by atoms with Crippen molar-refractivity contribution in [3.63, 3.8) is 0 Å². The number of methoxy groups -OCH3 is 1. The summed E-state index contributed by atoms with van der Waals surface area (Å²) in [5, 5.41) is 0.694. The van der Waals surface area contributed by atoms with Gasteiger partial charge in [-0.15, -0.1) is 11.8 Å². The number of amides is 1. The third-order valence-corrected chi connectivity index (χ3v) is 7.31. The number of ether oxygens (including phenoxy) is 2. The Labute approximate surface area is 195 Å². The minimum absolute atomic E-state index is 0.00711. The average Bonchev–Trinajstić information content (AvgIpc) is 3.24. The van der Waals surface area contributed by atoms with Crippen molar-refractivity contribution in [3.05, 3.63) is 48.3 Å². The molecule has 1 amide bonds. The van der Waals surface area contributed by atoms with Gasteiger partial charge in [0.15, 0.2) is 5.13 Å². The molecule has 2 heterocycles. The summed E-state index contributed by atoms with van der Waals surface area (Å²) in [4.78, 5) is 22.9. The van der Waals surface area contributed by atoms with Crippen LogP contribution >= 0.6 is 23.1 Å². The van der Waals surface area contributed by atoms with Gasteiger partial charge in [-0.3, -0.25) is 14.6 Å². The van der Waals surface area contributed by atoms with Gasteiger partial charge < -0.3 is 9.47 Å². The second-order valence-corrected chi connectivity index (χ2v) is 9.48. The molecule has 0 spiro atoms. The first kappa shape index (κ1) is 23.0. The van der Waals surface area contributed by atoms with E-state index in [4.69, 9.17) is 14.5 Å². The van der Waals surface area contributed by atoms with Crippen LogP contribution in [-0.4, -0.2) is 68.0 Å². The van der Waals surface area contributed by atoms with Crippen LogP contribution in [0.1, 0.15) is 6.42 Å². The molecule has 0 atom stereocenters. The Kier molecular flexibility index (Phi) is 7.96. The van der Waals surface area contributed by atoms with E-state index in [1.165, 1.54) is 35.2 Å². The number of benzene rings is 2. The van der Waals surface area contributed by atoms with E-state index in [9.17, 15) is 9.18 Å². The van der Waals surface area contributed by atoms with E-state index in [2.05, 4.69) is 4.90 Å². The first-order valence-electron chi connectivity index (χ1n) is 10.6. The number of hydrogen-bond donors (Lipinski definition) is 0. The summed E-state index contributed by atoms with van der Waals surface area (Å²) < 4.78 is 24.9. The van der Waals surface area contributed by atoms with Crippen molar-refractivity contribution < 1.29 is 18.7 Å². The maximum atomic E-state index is 13.2. The Balaban J connectivity index is 1.47. The van der Waals surface area contributed by atoms with Crippen molar-refractivity contribution in [1.29, 1.82) is 0 Å².